The SMILES string of the molecule is CCC(C)c1ccccc1NC(=S)NC(=O)c1cccc(Cl)c1Cl. The number of hydrogen-bond donors (Lipinski definition) is 2. The first-order valence-electron chi connectivity index (χ1n) is 7.59. The van der Waals surface area contributed by atoms with Crippen LogP contribution in [0.2, 0.25) is 10.0 Å². The lowest BCUT2D eigenvalue weighted by Gasteiger charge is -2.17. The van der Waals surface area contributed by atoms with E-state index in [1.165, 1.54) is 0 Å². The van der Waals surface area contributed by atoms with Crippen molar-refractivity contribution in [3.8, 4) is 0 Å². The van der Waals surface area contributed by atoms with Gasteiger partial charge in [0.1, 0.15) is 0 Å². The summed E-state index contributed by atoms with van der Waals surface area (Å²) < 4.78 is 0. The third-order valence-corrected chi connectivity index (χ3v) is 4.80. The van der Waals surface area contributed by atoms with E-state index in [0.717, 1.165) is 17.7 Å². The molecule has 0 aliphatic carbocycles. The van der Waals surface area contributed by atoms with Gasteiger partial charge < -0.3 is 5.32 Å². The van der Waals surface area contributed by atoms with Crippen LogP contribution in [-0.4, -0.2) is 11.0 Å². The Bertz CT molecular complexity index is 764. The Morgan fingerprint density at radius 1 is 1.17 bits per heavy atom. The number of para-hydroxylation sites is 1. The highest BCUT2D eigenvalue weighted by Crippen LogP contribution is 2.27. The molecule has 2 N–H and O–H groups in total. The van der Waals surface area contributed by atoms with Crippen molar-refractivity contribution >= 4 is 52.1 Å². The first-order valence-corrected chi connectivity index (χ1v) is 8.75. The maximum Gasteiger partial charge on any atom is 0.258 e. The lowest BCUT2D eigenvalue weighted by atomic mass is 9.97. The normalized spacial score (nSPS) is 11.7. The molecule has 2 aromatic carbocycles. The van der Waals surface area contributed by atoms with Crippen LogP contribution in [0, 0.1) is 0 Å². The zero-order valence-electron chi connectivity index (χ0n) is 13.4. The molecule has 1 unspecified atom stereocenters. The van der Waals surface area contributed by atoms with Crippen LogP contribution in [0.25, 0.3) is 0 Å². The Hall–Kier alpha value is -1.62. The van der Waals surface area contributed by atoms with Gasteiger partial charge in [-0.15, -0.1) is 0 Å². The number of rotatable bonds is 4. The Balaban J connectivity index is 2.12. The standard InChI is InChI=1S/C18H18Cl2N2OS/c1-3-11(2)12-7-4-5-10-15(12)21-18(24)22-17(23)13-8-6-9-14(19)16(13)20/h4-11H,3H2,1-2H3,(H2,21,22,23,24). The summed E-state index contributed by atoms with van der Waals surface area (Å²) in [4.78, 5) is 12.3. The topological polar surface area (TPSA) is 41.1 Å². The van der Waals surface area contributed by atoms with Gasteiger partial charge in [-0.25, -0.2) is 0 Å². The molecule has 6 heteroatoms. The van der Waals surface area contributed by atoms with E-state index in [9.17, 15) is 4.79 Å². The lowest BCUT2D eigenvalue weighted by molar-refractivity contribution is 0.0978. The molecule has 0 bridgehead atoms. The molecule has 0 aliphatic rings. The number of halogens is 2. The van der Waals surface area contributed by atoms with E-state index in [2.05, 4.69) is 30.5 Å². The number of amides is 1. The number of carbonyl (C=O) groups is 1. The number of anilines is 1. The van der Waals surface area contributed by atoms with Crippen LogP contribution in [0.4, 0.5) is 5.69 Å². The molecule has 2 rings (SSSR count). The summed E-state index contributed by atoms with van der Waals surface area (Å²) >= 11 is 17.2. The summed E-state index contributed by atoms with van der Waals surface area (Å²) in [5.41, 5.74) is 2.32. The number of carbonyl (C=O) groups excluding carboxylic acids is 1. The van der Waals surface area contributed by atoms with Gasteiger partial charge >= 0.3 is 0 Å². The molecular formula is C18H18Cl2N2OS. The van der Waals surface area contributed by atoms with Crippen LogP contribution in [0.15, 0.2) is 42.5 Å². The van der Waals surface area contributed by atoms with E-state index >= 15 is 0 Å². The van der Waals surface area contributed by atoms with Crippen LogP contribution >= 0.6 is 35.4 Å². The molecule has 0 fully saturated rings. The molecular weight excluding hydrogens is 363 g/mol. The maximum absolute atomic E-state index is 12.3. The predicted molar refractivity (Wildman–Crippen MR) is 105 cm³/mol. The maximum atomic E-state index is 12.3. The Kier molecular flexibility index (Phi) is 6.60. The molecule has 3 nitrogen and oxygen atoms in total. The van der Waals surface area contributed by atoms with Gasteiger partial charge in [-0.1, -0.05) is 61.3 Å². The highest BCUT2D eigenvalue weighted by molar-refractivity contribution is 7.80. The van der Waals surface area contributed by atoms with Gasteiger partial charge in [-0.3, -0.25) is 10.1 Å². The first kappa shape index (κ1) is 18.7. The van der Waals surface area contributed by atoms with E-state index in [-0.39, 0.29) is 15.7 Å². The molecule has 2 aromatic rings. The molecule has 0 radical (unpaired) electrons. The summed E-state index contributed by atoms with van der Waals surface area (Å²) in [6.07, 6.45) is 1.01. The fourth-order valence-electron chi connectivity index (χ4n) is 2.26. The summed E-state index contributed by atoms with van der Waals surface area (Å²) in [6.45, 7) is 4.27. The molecule has 0 heterocycles. The van der Waals surface area contributed by atoms with Crippen LogP contribution in [-0.2, 0) is 0 Å². The highest BCUT2D eigenvalue weighted by atomic mass is 35.5. The molecule has 126 valence electrons. The quantitative estimate of drug-likeness (QED) is 0.674. The van der Waals surface area contributed by atoms with E-state index in [1.807, 2.05) is 18.2 Å². The predicted octanol–water partition coefficient (Wildman–Crippen LogP) is 5.63. The van der Waals surface area contributed by atoms with Gasteiger partial charge in [0.05, 0.1) is 15.6 Å². The average Bonchev–Trinajstić information content (AvgIpc) is 2.56. The molecule has 0 spiro atoms. The smallest absolute Gasteiger partial charge is 0.258 e. The van der Waals surface area contributed by atoms with E-state index in [1.54, 1.807) is 18.2 Å². The highest BCUT2D eigenvalue weighted by Gasteiger charge is 2.15. The molecule has 0 saturated heterocycles. The minimum atomic E-state index is -0.402. The summed E-state index contributed by atoms with van der Waals surface area (Å²) in [7, 11) is 0. The van der Waals surface area contributed by atoms with E-state index < -0.39 is 5.91 Å². The second kappa shape index (κ2) is 8.47. The number of hydrogen-bond acceptors (Lipinski definition) is 2. The summed E-state index contributed by atoms with van der Waals surface area (Å²) in [5.74, 6) is -0.0180. The second-order valence-electron chi connectivity index (χ2n) is 5.41. The van der Waals surface area contributed by atoms with Crippen molar-refractivity contribution in [2.24, 2.45) is 0 Å². The minimum Gasteiger partial charge on any atom is -0.332 e. The Morgan fingerprint density at radius 2 is 1.88 bits per heavy atom. The Morgan fingerprint density at radius 3 is 2.58 bits per heavy atom. The summed E-state index contributed by atoms with van der Waals surface area (Å²) in [5, 5.41) is 6.47. The van der Waals surface area contributed by atoms with Crippen molar-refractivity contribution in [3.05, 3.63) is 63.6 Å². The van der Waals surface area contributed by atoms with E-state index in [0.29, 0.717) is 10.9 Å². The van der Waals surface area contributed by atoms with Crippen LogP contribution in [0.5, 0.6) is 0 Å². The number of benzene rings is 2. The monoisotopic (exact) mass is 380 g/mol. The zero-order chi connectivity index (χ0) is 17.7. The van der Waals surface area contributed by atoms with Crippen molar-refractivity contribution in [1.82, 2.24) is 5.32 Å². The molecule has 0 saturated carbocycles. The summed E-state index contributed by atoms with van der Waals surface area (Å²) in [6, 6.07) is 12.8. The zero-order valence-corrected chi connectivity index (χ0v) is 15.7. The fourth-order valence-corrected chi connectivity index (χ4v) is 2.85. The molecule has 24 heavy (non-hydrogen) atoms. The van der Waals surface area contributed by atoms with Gasteiger partial charge in [0.25, 0.3) is 5.91 Å². The van der Waals surface area contributed by atoms with Gasteiger partial charge in [0, 0.05) is 5.69 Å². The van der Waals surface area contributed by atoms with Crippen molar-refractivity contribution in [2.45, 2.75) is 26.2 Å². The minimum absolute atomic E-state index is 0.208. The number of thiocarbonyl (C=S) groups is 1. The van der Waals surface area contributed by atoms with Crippen molar-refractivity contribution in [2.75, 3.05) is 5.32 Å². The van der Waals surface area contributed by atoms with Crippen LogP contribution in [0.1, 0.15) is 42.1 Å². The largest absolute Gasteiger partial charge is 0.332 e. The van der Waals surface area contributed by atoms with Crippen LogP contribution < -0.4 is 10.6 Å². The first-order chi connectivity index (χ1) is 11.4. The molecule has 0 aromatic heterocycles. The van der Waals surface area contributed by atoms with Gasteiger partial charge in [-0.05, 0) is 48.3 Å². The van der Waals surface area contributed by atoms with Crippen molar-refractivity contribution < 1.29 is 4.79 Å². The molecule has 0 aliphatic heterocycles. The van der Waals surface area contributed by atoms with Crippen LogP contribution in [0.3, 0.4) is 0 Å². The number of nitrogens with one attached hydrogen (secondary N) is 2. The Labute approximate surface area is 157 Å². The van der Waals surface area contributed by atoms with Gasteiger partial charge in [0.15, 0.2) is 5.11 Å². The fraction of sp³-hybridized carbons (Fsp3) is 0.222. The molecule has 1 amide bonds. The molecule has 1 atom stereocenters. The van der Waals surface area contributed by atoms with Gasteiger partial charge in [-0.2, -0.15) is 0 Å². The average molecular weight is 381 g/mol. The lowest BCUT2D eigenvalue weighted by Crippen LogP contribution is -2.34. The second-order valence-corrected chi connectivity index (χ2v) is 6.60. The van der Waals surface area contributed by atoms with Crippen molar-refractivity contribution in [3.63, 3.8) is 0 Å². The van der Waals surface area contributed by atoms with E-state index in [4.69, 9.17) is 35.4 Å². The third kappa shape index (κ3) is 4.47. The third-order valence-electron chi connectivity index (χ3n) is 3.78. The van der Waals surface area contributed by atoms with Crippen molar-refractivity contribution in [1.29, 1.82) is 0 Å². The van der Waals surface area contributed by atoms with Gasteiger partial charge in [0.2, 0.25) is 0 Å².